The number of methoxy groups -OCH3 is 1. The summed E-state index contributed by atoms with van der Waals surface area (Å²) in [6.07, 6.45) is -4.65. The Balaban J connectivity index is 2.37. The van der Waals surface area contributed by atoms with Gasteiger partial charge in [0.15, 0.2) is 0 Å². The number of ether oxygens (including phenoxy) is 1. The summed E-state index contributed by atoms with van der Waals surface area (Å²) in [5.74, 6) is -0.667. The summed E-state index contributed by atoms with van der Waals surface area (Å²) in [6.45, 7) is 0.373. The predicted molar refractivity (Wildman–Crippen MR) is 103 cm³/mol. The zero-order valence-corrected chi connectivity index (χ0v) is 17.1. The largest absolute Gasteiger partial charge is 0.416 e. The number of benzene rings is 2. The normalized spacial score (nSPS) is 11.9. The summed E-state index contributed by atoms with van der Waals surface area (Å²) in [5.41, 5.74) is -1.52. The summed E-state index contributed by atoms with van der Waals surface area (Å²) in [5, 5.41) is 2.08. The van der Waals surface area contributed by atoms with Crippen LogP contribution in [-0.4, -0.2) is 34.6 Å². The van der Waals surface area contributed by atoms with Crippen LogP contribution in [0.25, 0.3) is 0 Å². The molecule has 0 aliphatic carbocycles. The fraction of sp³-hybridized carbons (Fsp3) is 0.235. The molecule has 0 saturated carbocycles. The van der Waals surface area contributed by atoms with Crippen LogP contribution < -0.4 is 10.0 Å². The highest BCUT2D eigenvalue weighted by Gasteiger charge is 2.31. The number of carbonyl (C=O) groups excluding carboxylic acids is 1. The SMILES string of the molecule is COCCNC(=O)c1cc(S(=O)(=O)Nc2cccc(C(F)(F)F)c2)c(Cl)cc1Cl. The maximum Gasteiger partial charge on any atom is 0.416 e. The van der Waals surface area contributed by atoms with Gasteiger partial charge in [-0.25, -0.2) is 8.42 Å². The van der Waals surface area contributed by atoms with E-state index in [4.69, 9.17) is 27.9 Å². The Morgan fingerprint density at radius 1 is 1.14 bits per heavy atom. The molecule has 12 heteroatoms. The molecule has 6 nitrogen and oxygen atoms in total. The van der Waals surface area contributed by atoms with E-state index < -0.39 is 32.6 Å². The van der Waals surface area contributed by atoms with Gasteiger partial charge in [-0.05, 0) is 30.3 Å². The highest BCUT2D eigenvalue weighted by molar-refractivity contribution is 7.92. The minimum Gasteiger partial charge on any atom is -0.383 e. The van der Waals surface area contributed by atoms with E-state index in [1.807, 2.05) is 4.72 Å². The van der Waals surface area contributed by atoms with E-state index in [0.717, 1.165) is 30.3 Å². The Labute approximate surface area is 175 Å². The van der Waals surface area contributed by atoms with Gasteiger partial charge in [-0.2, -0.15) is 13.2 Å². The van der Waals surface area contributed by atoms with E-state index in [1.165, 1.54) is 7.11 Å². The third kappa shape index (κ3) is 5.99. The molecule has 2 rings (SSSR count). The summed E-state index contributed by atoms with van der Waals surface area (Å²) in [6, 6.07) is 5.65. The molecule has 1 amide bonds. The molecular formula is C17H15Cl2F3N2O4S. The summed E-state index contributed by atoms with van der Waals surface area (Å²) in [4.78, 5) is 11.7. The number of hydrogen-bond acceptors (Lipinski definition) is 4. The van der Waals surface area contributed by atoms with Crippen LogP contribution in [0.4, 0.5) is 18.9 Å². The van der Waals surface area contributed by atoms with Crippen LogP contribution in [0.15, 0.2) is 41.3 Å². The van der Waals surface area contributed by atoms with Crippen molar-refractivity contribution < 1.29 is 31.1 Å². The lowest BCUT2D eigenvalue weighted by Crippen LogP contribution is -2.27. The summed E-state index contributed by atoms with van der Waals surface area (Å²) < 4.78 is 70.6. The Hall–Kier alpha value is -2.01. The molecule has 2 N–H and O–H groups in total. The van der Waals surface area contributed by atoms with Gasteiger partial charge < -0.3 is 10.1 Å². The van der Waals surface area contributed by atoms with Gasteiger partial charge in [-0.15, -0.1) is 0 Å². The fourth-order valence-electron chi connectivity index (χ4n) is 2.24. The molecule has 29 heavy (non-hydrogen) atoms. The lowest BCUT2D eigenvalue weighted by atomic mass is 10.2. The number of amides is 1. The van der Waals surface area contributed by atoms with Crippen molar-refractivity contribution in [3.05, 3.63) is 57.6 Å². The number of halogens is 5. The van der Waals surface area contributed by atoms with Crippen molar-refractivity contribution in [3.63, 3.8) is 0 Å². The Kier molecular flexibility index (Phi) is 7.39. The second-order valence-corrected chi connectivity index (χ2v) is 8.16. The van der Waals surface area contributed by atoms with Gasteiger partial charge in [0, 0.05) is 19.3 Å². The molecule has 0 atom stereocenters. The first-order valence-corrected chi connectivity index (χ1v) is 10.2. The second kappa shape index (κ2) is 9.21. The number of anilines is 1. The van der Waals surface area contributed by atoms with Crippen LogP contribution in [0.1, 0.15) is 15.9 Å². The number of nitrogens with one attached hydrogen (secondary N) is 2. The van der Waals surface area contributed by atoms with Crippen LogP contribution >= 0.6 is 23.2 Å². The van der Waals surface area contributed by atoms with Crippen molar-refractivity contribution in [2.45, 2.75) is 11.1 Å². The minimum absolute atomic E-state index is 0.0945. The first-order chi connectivity index (χ1) is 13.5. The number of rotatable bonds is 7. The van der Waals surface area contributed by atoms with E-state index in [1.54, 1.807) is 0 Å². The van der Waals surface area contributed by atoms with Crippen LogP contribution in [0.5, 0.6) is 0 Å². The van der Waals surface area contributed by atoms with Gasteiger partial charge in [-0.3, -0.25) is 9.52 Å². The van der Waals surface area contributed by atoms with Gasteiger partial charge in [-0.1, -0.05) is 29.3 Å². The second-order valence-electron chi connectivity index (χ2n) is 5.70. The van der Waals surface area contributed by atoms with Gasteiger partial charge in [0.2, 0.25) is 0 Å². The number of sulfonamides is 1. The van der Waals surface area contributed by atoms with Crippen LogP contribution in [0.3, 0.4) is 0 Å². The summed E-state index contributed by atoms with van der Waals surface area (Å²) in [7, 11) is -2.98. The third-order valence-corrected chi connectivity index (χ3v) is 5.75. The van der Waals surface area contributed by atoms with Crippen molar-refractivity contribution in [2.75, 3.05) is 25.0 Å². The molecule has 0 spiro atoms. The zero-order chi connectivity index (χ0) is 21.8. The molecule has 0 aromatic heterocycles. The van der Waals surface area contributed by atoms with E-state index >= 15 is 0 Å². The van der Waals surface area contributed by atoms with Crippen molar-refractivity contribution in [2.24, 2.45) is 0 Å². The predicted octanol–water partition coefficient (Wildman–Crippen LogP) is 4.19. The zero-order valence-electron chi connectivity index (χ0n) is 14.8. The van der Waals surface area contributed by atoms with E-state index in [-0.39, 0.29) is 34.4 Å². The summed E-state index contributed by atoms with van der Waals surface area (Å²) >= 11 is 11.9. The van der Waals surface area contributed by atoms with Gasteiger partial charge in [0.1, 0.15) is 4.90 Å². The number of hydrogen-bond donors (Lipinski definition) is 2. The van der Waals surface area contributed by atoms with Crippen molar-refractivity contribution in [1.29, 1.82) is 0 Å². The Morgan fingerprint density at radius 3 is 2.45 bits per heavy atom. The number of alkyl halides is 3. The maximum atomic E-state index is 12.8. The quantitative estimate of drug-likeness (QED) is 0.594. The molecule has 0 bridgehead atoms. The lowest BCUT2D eigenvalue weighted by Gasteiger charge is -2.14. The van der Waals surface area contributed by atoms with Crippen LogP contribution in [0.2, 0.25) is 10.0 Å². The molecule has 2 aromatic rings. The highest BCUT2D eigenvalue weighted by atomic mass is 35.5. The van der Waals surface area contributed by atoms with Crippen LogP contribution in [-0.2, 0) is 20.9 Å². The van der Waals surface area contributed by atoms with Crippen LogP contribution in [0, 0.1) is 0 Å². The fourth-order valence-corrected chi connectivity index (χ4v) is 4.15. The van der Waals surface area contributed by atoms with Gasteiger partial charge in [0.25, 0.3) is 15.9 Å². The van der Waals surface area contributed by atoms with Gasteiger partial charge in [0.05, 0.1) is 27.8 Å². The molecule has 0 unspecified atom stereocenters. The Morgan fingerprint density at radius 2 is 1.83 bits per heavy atom. The van der Waals surface area contributed by atoms with Gasteiger partial charge >= 0.3 is 6.18 Å². The first kappa shape index (κ1) is 23.3. The van der Waals surface area contributed by atoms with E-state index in [2.05, 4.69) is 5.32 Å². The molecule has 0 fully saturated rings. The molecule has 158 valence electrons. The Bertz CT molecular complexity index is 1010. The average Bonchev–Trinajstić information content (AvgIpc) is 2.60. The average molecular weight is 471 g/mol. The van der Waals surface area contributed by atoms with Crippen molar-refractivity contribution in [3.8, 4) is 0 Å². The van der Waals surface area contributed by atoms with E-state index in [9.17, 15) is 26.4 Å². The maximum absolute atomic E-state index is 12.8. The molecule has 0 heterocycles. The van der Waals surface area contributed by atoms with Crippen molar-refractivity contribution in [1.82, 2.24) is 5.32 Å². The third-order valence-electron chi connectivity index (χ3n) is 3.59. The molecule has 0 saturated heterocycles. The molecular weight excluding hydrogens is 456 g/mol. The number of carbonyl (C=O) groups is 1. The monoisotopic (exact) mass is 470 g/mol. The van der Waals surface area contributed by atoms with E-state index in [0.29, 0.717) is 6.07 Å². The highest BCUT2D eigenvalue weighted by Crippen LogP contribution is 2.33. The molecule has 0 radical (unpaired) electrons. The molecule has 0 aliphatic rings. The smallest absolute Gasteiger partial charge is 0.383 e. The minimum atomic E-state index is -4.65. The lowest BCUT2D eigenvalue weighted by molar-refractivity contribution is -0.137. The molecule has 0 aliphatic heterocycles. The topological polar surface area (TPSA) is 84.5 Å². The molecule has 2 aromatic carbocycles. The standard InChI is InChI=1S/C17H15Cl2F3N2O4S/c1-28-6-5-23-16(25)12-8-15(14(19)9-13(12)18)29(26,27)24-11-4-2-3-10(7-11)17(20,21)22/h2-4,7-9,24H,5-6H2,1H3,(H,23,25). The first-order valence-electron chi connectivity index (χ1n) is 7.92. The van der Waals surface area contributed by atoms with Crippen molar-refractivity contribution >= 4 is 44.8 Å².